The number of anilines is 1. The minimum absolute atomic E-state index is 0.112. The molecule has 30 heavy (non-hydrogen) atoms. The van der Waals surface area contributed by atoms with Crippen LogP contribution in [0.5, 0.6) is 5.75 Å². The Morgan fingerprint density at radius 1 is 1.13 bits per heavy atom. The number of rotatable bonds is 12. The minimum atomic E-state index is -3.61. The Morgan fingerprint density at radius 2 is 1.87 bits per heavy atom. The van der Waals surface area contributed by atoms with E-state index in [1.807, 2.05) is 6.07 Å². The molecule has 0 aliphatic heterocycles. The molecule has 0 bridgehead atoms. The van der Waals surface area contributed by atoms with Crippen LogP contribution in [0.4, 0.5) is 5.69 Å². The number of halogens is 1. The molecule has 0 fully saturated rings. The Hall–Kier alpha value is -2.16. The van der Waals surface area contributed by atoms with E-state index in [4.69, 9.17) is 4.74 Å². The van der Waals surface area contributed by atoms with Gasteiger partial charge in [-0.3, -0.25) is 4.79 Å². The molecule has 2 aromatic rings. The fourth-order valence-electron chi connectivity index (χ4n) is 2.68. The molecule has 2 aromatic carbocycles. The second kappa shape index (κ2) is 11.9. The van der Waals surface area contributed by atoms with Crippen LogP contribution in [0.25, 0.3) is 0 Å². The van der Waals surface area contributed by atoms with Crippen LogP contribution in [0.3, 0.4) is 0 Å². The molecular weight excluding hydrogens is 468 g/mol. The maximum absolute atomic E-state index is 12.8. The summed E-state index contributed by atoms with van der Waals surface area (Å²) in [7, 11) is -3.61. The van der Waals surface area contributed by atoms with Gasteiger partial charge < -0.3 is 10.1 Å². The number of nitrogens with one attached hydrogen (secondary N) is 2. The molecule has 2 N–H and O–H groups in total. The van der Waals surface area contributed by atoms with Gasteiger partial charge in [0, 0.05) is 16.7 Å². The lowest BCUT2D eigenvalue weighted by molar-refractivity contribution is 0.102. The molecule has 6 nitrogen and oxygen atoms in total. The molecule has 0 saturated heterocycles. The van der Waals surface area contributed by atoms with Gasteiger partial charge in [-0.15, -0.1) is 6.58 Å². The minimum Gasteiger partial charge on any atom is -0.493 e. The SMILES string of the molecule is C=CCNS(=O)(=O)c1ccc(NC(=O)c2cc(Br)ccc2OCCCCCC)cc1. The van der Waals surface area contributed by atoms with E-state index in [1.54, 1.807) is 24.3 Å². The Labute approximate surface area is 186 Å². The van der Waals surface area contributed by atoms with Crippen molar-refractivity contribution in [2.24, 2.45) is 0 Å². The largest absolute Gasteiger partial charge is 0.493 e. The quantitative estimate of drug-likeness (QED) is 0.316. The normalized spacial score (nSPS) is 11.1. The van der Waals surface area contributed by atoms with E-state index in [2.05, 4.69) is 39.5 Å². The van der Waals surface area contributed by atoms with Gasteiger partial charge in [-0.1, -0.05) is 48.2 Å². The third-order valence-electron chi connectivity index (χ3n) is 4.28. The molecule has 0 aromatic heterocycles. The van der Waals surface area contributed by atoms with Gasteiger partial charge in [-0.2, -0.15) is 0 Å². The third-order valence-corrected chi connectivity index (χ3v) is 6.21. The first-order valence-corrected chi connectivity index (χ1v) is 12.1. The van der Waals surface area contributed by atoms with Crippen LogP contribution >= 0.6 is 15.9 Å². The molecule has 2 rings (SSSR count). The lowest BCUT2D eigenvalue weighted by Crippen LogP contribution is -2.23. The second-order valence-electron chi connectivity index (χ2n) is 6.67. The van der Waals surface area contributed by atoms with Crippen molar-refractivity contribution in [2.45, 2.75) is 37.5 Å². The van der Waals surface area contributed by atoms with Crippen LogP contribution in [-0.2, 0) is 10.0 Å². The van der Waals surface area contributed by atoms with Gasteiger partial charge in [-0.05, 0) is 48.9 Å². The lowest BCUT2D eigenvalue weighted by atomic mass is 10.1. The highest BCUT2D eigenvalue weighted by Crippen LogP contribution is 2.25. The zero-order chi connectivity index (χ0) is 22.0. The molecule has 1 amide bonds. The molecular formula is C22H27BrN2O4S. The summed E-state index contributed by atoms with van der Waals surface area (Å²) >= 11 is 3.39. The molecule has 0 atom stereocenters. The van der Waals surface area contributed by atoms with Gasteiger partial charge in [0.2, 0.25) is 10.0 Å². The molecule has 0 saturated carbocycles. The Balaban J connectivity index is 2.08. The second-order valence-corrected chi connectivity index (χ2v) is 9.35. The molecule has 0 heterocycles. The van der Waals surface area contributed by atoms with Crippen molar-refractivity contribution < 1.29 is 17.9 Å². The zero-order valence-electron chi connectivity index (χ0n) is 17.0. The van der Waals surface area contributed by atoms with E-state index in [0.717, 1.165) is 30.2 Å². The highest BCUT2D eigenvalue weighted by Gasteiger charge is 2.16. The van der Waals surface area contributed by atoms with Crippen molar-refractivity contribution in [3.63, 3.8) is 0 Å². The van der Waals surface area contributed by atoms with Crippen LogP contribution < -0.4 is 14.8 Å². The lowest BCUT2D eigenvalue weighted by Gasteiger charge is -2.13. The van der Waals surface area contributed by atoms with Crippen molar-refractivity contribution in [3.8, 4) is 5.75 Å². The topological polar surface area (TPSA) is 84.5 Å². The molecule has 0 spiro atoms. The number of amides is 1. The van der Waals surface area contributed by atoms with E-state index < -0.39 is 10.0 Å². The van der Waals surface area contributed by atoms with Crippen molar-refractivity contribution in [2.75, 3.05) is 18.5 Å². The van der Waals surface area contributed by atoms with Crippen LogP contribution in [-0.4, -0.2) is 27.5 Å². The average Bonchev–Trinajstić information content (AvgIpc) is 2.73. The van der Waals surface area contributed by atoms with Crippen LogP contribution in [0, 0.1) is 0 Å². The average molecular weight is 495 g/mol. The van der Waals surface area contributed by atoms with Gasteiger partial charge in [0.15, 0.2) is 0 Å². The summed E-state index contributed by atoms with van der Waals surface area (Å²) in [5.41, 5.74) is 0.890. The first-order valence-electron chi connectivity index (χ1n) is 9.81. The van der Waals surface area contributed by atoms with Crippen LogP contribution in [0.15, 0.2) is 64.5 Å². The van der Waals surface area contributed by atoms with Gasteiger partial charge >= 0.3 is 0 Å². The highest BCUT2D eigenvalue weighted by molar-refractivity contribution is 9.10. The molecule has 8 heteroatoms. The van der Waals surface area contributed by atoms with Crippen molar-refractivity contribution in [1.82, 2.24) is 4.72 Å². The van der Waals surface area contributed by atoms with E-state index in [-0.39, 0.29) is 17.3 Å². The number of carbonyl (C=O) groups excluding carboxylic acids is 1. The number of unbranched alkanes of at least 4 members (excludes halogenated alkanes) is 3. The summed E-state index contributed by atoms with van der Waals surface area (Å²) in [6, 6.07) is 11.3. The van der Waals surface area contributed by atoms with E-state index in [0.29, 0.717) is 23.6 Å². The molecule has 0 aliphatic carbocycles. The van der Waals surface area contributed by atoms with Gasteiger partial charge in [0.1, 0.15) is 5.75 Å². The summed E-state index contributed by atoms with van der Waals surface area (Å²) in [5, 5.41) is 2.79. The number of hydrogen-bond acceptors (Lipinski definition) is 4. The number of benzene rings is 2. The number of carbonyl (C=O) groups is 1. The zero-order valence-corrected chi connectivity index (χ0v) is 19.4. The van der Waals surface area contributed by atoms with Crippen molar-refractivity contribution in [1.29, 1.82) is 0 Å². The van der Waals surface area contributed by atoms with Crippen molar-refractivity contribution in [3.05, 3.63) is 65.2 Å². The Kier molecular flexibility index (Phi) is 9.55. The molecule has 162 valence electrons. The Morgan fingerprint density at radius 3 is 2.53 bits per heavy atom. The smallest absolute Gasteiger partial charge is 0.259 e. The van der Waals surface area contributed by atoms with Gasteiger partial charge in [0.05, 0.1) is 17.1 Å². The van der Waals surface area contributed by atoms with E-state index in [9.17, 15) is 13.2 Å². The summed E-state index contributed by atoms with van der Waals surface area (Å²) in [6.07, 6.45) is 5.79. The molecule has 0 aliphatic rings. The van der Waals surface area contributed by atoms with Gasteiger partial charge in [-0.25, -0.2) is 13.1 Å². The Bertz CT molecular complexity index is 960. The summed E-state index contributed by atoms with van der Waals surface area (Å²) in [5.74, 6) is 0.181. The number of ether oxygens (including phenoxy) is 1. The fourth-order valence-corrected chi connectivity index (χ4v) is 4.04. The first kappa shape index (κ1) is 24.1. The van der Waals surface area contributed by atoms with Crippen molar-refractivity contribution >= 4 is 37.5 Å². The highest BCUT2D eigenvalue weighted by atomic mass is 79.9. The number of hydrogen-bond donors (Lipinski definition) is 2. The third kappa shape index (κ3) is 7.27. The van der Waals surface area contributed by atoms with E-state index >= 15 is 0 Å². The fraction of sp³-hybridized carbons (Fsp3) is 0.318. The predicted octanol–water partition coefficient (Wildman–Crippen LogP) is 5.12. The van der Waals surface area contributed by atoms with Crippen LogP contribution in [0.1, 0.15) is 43.0 Å². The standard InChI is InChI=1S/C22H27BrN2O4S/c1-3-5-6-7-15-29-21-13-8-17(23)16-20(21)22(26)25-18-9-11-19(12-10-18)30(27,28)24-14-4-2/h4,8-13,16,24H,2-3,5-7,14-15H2,1H3,(H,25,26). The van der Waals surface area contributed by atoms with E-state index in [1.165, 1.54) is 18.2 Å². The summed E-state index contributed by atoms with van der Waals surface area (Å²) < 4.78 is 33.2. The summed E-state index contributed by atoms with van der Waals surface area (Å²) in [4.78, 5) is 12.9. The molecule has 0 unspecified atom stereocenters. The molecule has 0 radical (unpaired) electrons. The van der Waals surface area contributed by atoms with Crippen LogP contribution in [0.2, 0.25) is 0 Å². The maximum atomic E-state index is 12.8. The predicted molar refractivity (Wildman–Crippen MR) is 124 cm³/mol. The van der Waals surface area contributed by atoms with Gasteiger partial charge in [0.25, 0.3) is 5.91 Å². The monoisotopic (exact) mass is 494 g/mol. The first-order chi connectivity index (χ1) is 14.4. The summed E-state index contributed by atoms with van der Waals surface area (Å²) in [6.45, 7) is 6.33. The number of sulfonamides is 1. The maximum Gasteiger partial charge on any atom is 0.259 e.